The van der Waals surface area contributed by atoms with Gasteiger partial charge < -0.3 is 15.2 Å². The first-order chi connectivity index (χ1) is 13.8. The lowest BCUT2D eigenvalue weighted by Gasteiger charge is -2.11. The summed E-state index contributed by atoms with van der Waals surface area (Å²) >= 11 is 0. The normalized spacial score (nSPS) is 11.5. The highest BCUT2D eigenvalue weighted by molar-refractivity contribution is 5.54. The summed E-state index contributed by atoms with van der Waals surface area (Å²) in [5.41, 5.74) is 2.18. The smallest absolute Gasteiger partial charge is 0.416 e. The zero-order chi connectivity index (χ0) is 23.1. The number of anilines is 1. The summed E-state index contributed by atoms with van der Waals surface area (Å²) in [6.07, 6.45) is -9.10. The molecule has 0 bridgehead atoms. The molecule has 6 nitrogen and oxygen atoms in total. The molecule has 2 rings (SSSR count). The van der Waals surface area contributed by atoms with E-state index in [1.165, 1.54) is 13.2 Å². The highest BCUT2D eigenvalue weighted by atomic mass is 19.4. The van der Waals surface area contributed by atoms with Gasteiger partial charge in [-0.15, -0.1) is 0 Å². The largest absolute Gasteiger partial charge is 0.489 e. The number of alkyl halides is 6. The van der Waals surface area contributed by atoms with Crippen molar-refractivity contribution in [3.05, 3.63) is 63.5 Å². The lowest BCUT2D eigenvalue weighted by molar-refractivity contribution is -0.387. The van der Waals surface area contributed by atoms with Crippen LogP contribution in [0, 0.1) is 15.9 Å². The Morgan fingerprint density at radius 2 is 1.50 bits per heavy atom. The molecule has 2 aromatic rings. The van der Waals surface area contributed by atoms with Crippen molar-refractivity contribution >= 4 is 11.4 Å². The molecule has 0 amide bonds. The molecule has 13 heteroatoms. The summed E-state index contributed by atoms with van der Waals surface area (Å²) in [5.74, 6) is -1.06. The van der Waals surface area contributed by atoms with E-state index in [9.17, 15) is 40.8 Å². The molecule has 2 aromatic carbocycles. The summed E-state index contributed by atoms with van der Waals surface area (Å²) in [5, 5.41) is 10.1. The van der Waals surface area contributed by atoms with Crippen LogP contribution >= 0.6 is 0 Å². The number of methoxy groups -OCH3 is 1. The van der Waals surface area contributed by atoms with Crippen molar-refractivity contribution in [1.29, 1.82) is 0 Å². The Morgan fingerprint density at radius 3 is 1.97 bits per heavy atom. The van der Waals surface area contributed by atoms with E-state index < -0.39 is 39.9 Å². The zero-order valence-corrected chi connectivity index (χ0v) is 15.2. The quantitative estimate of drug-likeness (QED) is 0.229. The molecule has 0 saturated carbocycles. The van der Waals surface area contributed by atoms with Crippen molar-refractivity contribution < 1.29 is 45.1 Å². The Bertz CT molecular complexity index is 870. The lowest BCUT2D eigenvalue weighted by atomic mass is 10.2. The van der Waals surface area contributed by atoms with Crippen LogP contribution in [0.2, 0.25) is 0 Å². The van der Waals surface area contributed by atoms with Gasteiger partial charge in [0, 0.05) is 13.2 Å². The van der Waals surface area contributed by atoms with Crippen molar-refractivity contribution in [3.8, 4) is 5.75 Å². The molecule has 0 fully saturated rings. The SMILES string of the molecule is COCCOc1ccc(C(F)(F)F)cc1N.O=[N+]([O-])c1cc(C(F)(F)F)ccc1F. The molecule has 166 valence electrons. The van der Waals surface area contributed by atoms with Gasteiger partial charge in [0.1, 0.15) is 12.4 Å². The van der Waals surface area contributed by atoms with Crippen molar-refractivity contribution in [1.82, 2.24) is 0 Å². The highest BCUT2D eigenvalue weighted by Crippen LogP contribution is 2.34. The van der Waals surface area contributed by atoms with Gasteiger partial charge in [-0.25, -0.2) is 0 Å². The zero-order valence-electron chi connectivity index (χ0n) is 15.2. The van der Waals surface area contributed by atoms with E-state index in [-0.39, 0.29) is 24.1 Å². The maximum Gasteiger partial charge on any atom is 0.416 e. The minimum absolute atomic E-state index is 0.0362. The topological polar surface area (TPSA) is 87.6 Å². The average Bonchev–Trinajstić information content (AvgIpc) is 2.62. The Morgan fingerprint density at radius 1 is 0.967 bits per heavy atom. The van der Waals surface area contributed by atoms with E-state index in [0.717, 1.165) is 12.1 Å². The molecule has 0 saturated heterocycles. The van der Waals surface area contributed by atoms with Gasteiger partial charge in [0.05, 0.1) is 28.3 Å². The van der Waals surface area contributed by atoms with E-state index in [4.69, 9.17) is 15.2 Å². The molecule has 0 aliphatic heterocycles. The van der Waals surface area contributed by atoms with E-state index in [1.807, 2.05) is 0 Å². The van der Waals surface area contributed by atoms with Gasteiger partial charge in [0.25, 0.3) is 0 Å². The fourth-order valence-corrected chi connectivity index (χ4v) is 1.92. The Balaban J connectivity index is 0.000000303. The molecule has 0 radical (unpaired) electrons. The van der Waals surface area contributed by atoms with E-state index in [2.05, 4.69) is 0 Å². The molecular formula is C17H15F7N2O4. The summed E-state index contributed by atoms with van der Waals surface area (Å²) in [6, 6.07) is 4.01. The van der Waals surface area contributed by atoms with Crippen molar-refractivity contribution in [3.63, 3.8) is 0 Å². The maximum atomic E-state index is 12.6. The number of nitrogens with two attached hydrogens (primary N) is 1. The van der Waals surface area contributed by atoms with Gasteiger partial charge in [-0.2, -0.15) is 30.7 Å². The number of nitro benzene ring substituents is 1. The number of nitro groups is 1. The van der Waals surface area contributed by atoms with Gasteiger partial charge in [0.15, 0.2) is 0 Å². The van der Waals surface area contributed by atoms with Crippen LogP contribution in [0.1, 0.15) is 11.1 Å². The standard InChI is InChI=1S/C10H12F3NO2.C7H3F4NO2/c1-15-4-5-16-9-3-2-7(6-8(9)14)10(11,12)13;8-5-2-1-4(7(9,10)11)3-6(5)12(13)14/h2-3,6H,4-5,14H2,1H3;1-3H. The minimum atomic E-state index is -4.71. The Kier molecular flexibility index (Phi) is 8.39. The number of hydrogen-bond acceptors (Lipinski definition) is 5. The molecule has 0 aromatic heterocycles. The molecule has 0 atom stereocenters. The first-order valence-corrected chi connectivity index (χ1v) is 7.87. The number of halogens is 7. The molecule has 0 aliphatic carbocycles. The predicted octanol–water partition coefficient (Wildman–Crippen LogP) is 5.07. The number of nitrogen functional groups attached to an aromatic ring is 1. The lowest BCUT2D eigenvalue weighted by Crippen LogP contribution is -2.08. The molecule has 0 unspecified atom stereocenters. The van der Waals surface area contributed by atoms with Crippen LogP contribution in [0.3, 0.4) is 0 Å². The minimum Gasteiger partial charge on any atom is -0.489 e. The van der Waals surface area contributed by atoms with Gasteiger partial charge in [-0.3, -0.25) is 10.1 Å². The van der Waals surface area contributed by atoms with Crippen LogP contribution in [0.5, 0.6) is 5.75 Å². The summed E-state index contributed by atoms with van der Waals surface area (Å²) in [7, 11) is 1.50. The van der Waals surface area contributed by atoms with E-state index >= 15 is 0 Å². The number of nitrogens with zero attached hydrogens (tertiary/aromatic N) is 1. The van der Waals surface area contributed by atoms with Gasteiger partial charge in [-0.05, 0) is 30.3 Å². The van der Waals surface area contributed by atoms with Crippen LogP contribution < -0.4 is 10.5 Å². The molecule has 0 spiro atoms. The maximum absolute atomic E-state index is 12.6. The Labute approximate surface area is 165 Å². The number of hydrogen-bond donors (Lipinski definition) is 1. The van der Waals surface area contributed by atoms with Crippen molar-refractivity contribution in [2.75, 3.05) is 26.1 Å². The Hall–Kier alpha value is -3.09. The van der Waals surface area contributed by atoms with Crippen LogP contribution in [0.15, 0.2) is 36.4 Å². The van der Waals surface area contributed by atoms with E-state index in [0.29, 0.717) is 18.7 Å². The average molecular weight is 444 g/mol. The number of rotatable bonds is 5. The highest BCUT2D eigenvalue weighted by Gasteiger charge is 2.33. The predicted molar refractivity (Wildman–Crippen MR) is 91.3 cm³/mol. The summed E-state index contributed by atoms with van der Waals surface area (Å²) in [4.78, 5) is 8.90. The van der Waals surface area contributed by atoms with Crippen LogP contribution in [-0.2, 0) is 17.1 Å². The number of benzene rings is 2. The molecule has 2 N–H and O–H groups in total. The molecule has 0 heterocycles. The third-order valence-corrected chi connectivity index (χ3v) is 3.35. The third-order valence-electron chi connectivity index (χ3n) is 3.35. The fourth-order valence-electron chi connectivity index (χ4n) is 1.92. The monoisotopic (exact) mass is 444 g/mol. The summed E-state index contributed by atoms with van der Waals surface area (Å²) in [6.45, 7) is 0.590. The molecule has 30 heavy (non-hydrogen) atoms. The second-order valence-electron chi connectivity index (χ2n) is 5.51. The van der Waals surface area contributed by atoms with Crippen LogP contribution in [-0.4, -0.2) is 25.2 Å². The van der Waals surface area contributed by atoms with Gasteiger partial charge >= 0.3 is 18.0 Å². The summed E-state index contributed by atoms with van der Waals surface area (Å²) < 4.78 is 95.4. The van der Waals surface area contributed by atoms with Crippen LogP contribution in [0.25, 0.3) is 0 Å². The second-order valence-corrected chi connectivity index (χ2v) is 5.51. The fraction of sp³-hybridized carbons (Fsp3) is 0.294. The first kappa shape index (κ1) is 24.9. The second kappa shape index (κ2) is 10.1. The number of ether oxygens (including phenoxy) is 2. The van der Waals surface area contributed by atoms with Crippen LogP contribution in [0.4, 0.5) is 42.1 Å². The van der Waals surface area contributed by atoms with Crippen molar-refractivity contribution in [2.24, 2.45) is 0 Å². The third kappa shape index (κ3) is 7.39. The van der Waals surface area contributed by atoms with E-state index in [1.54, 1.807) is 0 Å². The van der Waals surface area contributed by atoms with Gasteiger partial charge in [-0.1, -0.05) is 0 Å². The van der Waals surface area contributed by atoms with Gasteiger partial charge in [0.2, 0.25) is 5.82 Å². The van der Waals surface area contributed by atoms with Crippen molar-refractivity contribution in [2.45, 2.75) is 12.4 Å². The molecular weight excluding hydrogens is 429 g/mol. The first-order valence-electron chi connectivity index (χ1n) is 7.87. The molecule has 0 aliphatic rings.